The molecule has 1 aromatic rings. The molecular formula is C12H15ClN2O2. The second-order valence-electron chi connectivity index (χ2n) is 4.35. The first kappa shape index (κ1) is 12.3. The van der Waals surface area contributed by atoms with E-state index >= 15 is 0 Å². The predicted octanol–water partition coefficient (Wildman–Crippen LogP) is 1.77. The van der Waals surface area contributed by atoms with Gasteiger partial charge in [0.15, 0.2) is 0 Å². The van der Waals surface area contributed by atoms with Crippen LogP contribution in [-0.4, -0.2) is 28.1 Å². The van der Waals surface area contributed by atoms with E-state index in [1.165, 1.54) is 12.3 Å². The van der Waals surface area contributed by atoms with E-state index in [2.05, 4.69) is 10.3 Å². The molecule has 92 valence electrons. The number of pyridine rings is 1. The maximum atomic E-state index is 11.9. The second-order valence-corrected chi connectivity index (χ2v) is 4.79. The Balaban J connectivity index is 1.97. The maximum Gasteiger partial charge on any atom is 0.270 e. The fraction of sp³-hybridized carbons (Fsp3) is 0.500. The van der Waals surface area contributed by atoms with E-state index in [9.17, 15) is 9.90 Å². The summed E-state index contributed by atoms with van der Waals surface area (Å²) in [4.78, 5) is 15.8. The molecule has 1 aromatic heterocycles. The number of aromatic nitrogens is 1. The monoisotopic (exact) mass is 254 g/mol. The summed E-state index contributed by atoms with van der Waals surface area (Å²) in [5.74, 6) is -0.230. The fourth-order valence-corrected chi connectivity index (χ4v) is 2.24. The third-order valence-corrected chi connectivity index (χ3v) is 3.17. The van der Waals surface area contributed by atoms with Gasteiger partial charge in [-0.15, -0.1) is 0 Å². The van der Waals surface area contributed by atoms with Gasteiger partial charge in [-0.3, -0.25) is 9.78 Å². The van der Waals surface area contributed by atoms with Gasteiger partial charge in [-0.2, -0.15) is 0 Å². The van der Waals surface area contributed by atoms with E-state index in [1.807, 2.05) is 0 Å². The highest BCUT2D eigenvalue weighted by molar-refractivity contribution is 6.30. The number of aliphatic hydroxyl groups is 1. The number of hydrogen-bond donors (Lipinski definition) is 2. The first-order valence-electron chi connectivity index (χ1n) is 5.75. The molecular weight excluding hydrogens is 240 g/mol. The average molecular weight is 255 g/mol. The predicted molar refractivity (Wildman–Crippen MR) is 65.0 cm³/mol. The molecule has 1 fully saturated rings. The van der Waals surface area contributed by atoms with E-state index in [-0.39, 0.29) is 18.1 Å². The van der Waals surface area contributed by atoms with Crippen LogP contribution in [0.3, 0.4) is 0 Å². The Morgan fingerprint density at radius 1 is 1.53 bits per heavy atom. The van der Waals surface area contributed by atoms with Crippen LogP contribution in [0.15, 0.2) is 18.3 Å². The Bertz CT molecular complexity index is 411. The lowest BCUT2D eigenvalue weighted by Crippen LogP contribution is -2.40. The van der Waals surface area contributed by atoms with Crippen LogP contribution in [0, 0.1) is 0 Å². The van der Waals surface area contributed by atoms with Gasteiger partial charge >= 0.3 is 0 Å². The average Bonchev–Trinajstić information content (AvgIpc) is 2.29. The molecule has 1 heterocycles. The van der Waals surface area contributed by atoms with Gasteiger partial charge in [-0.25, -0.2) is 0 Å². The Morgan fingerprint density at radius 2 is 2.35 bits per heavy atom. The van der Waals surface area contributed by atoms with Crippen molar-refractivity contribution < 1.29 is 9.90 Å². The summed E-state index contributed by atoms with van der Waals surface area (Å²) in [6, 6.07) is 3.20. The molecule has 1 amide bonds. The van der Waals surface area contributed by atoms with Crippen molar-refractivity contribution in [2.75, 3.05) is 0 Å². The summed E-state index contributed by atoms with van der Waals surface area (Å²) in [6.07, 6.45) is 4.49. The van der Waals surface area contributed by atoms with Crippen molar-refractivity contribution in [3.8, 4) is 0 Å². The number of carbonyl (C=O) groups is 1. The van der Waals surface area contributed by atoms with E-state index in [4.69, 9.17) is 11.6 Å². The van der Waals surface area contributed by atoms with Crippen LogP contribution in [0.4, 0.5) is 0 Å². The van der Waals surface area contributed by atoms with Gasteiger partial charge in [0.2, 0.25) is 0 Å². The minimum Gasteiger partial charge on any atom is -0.393 e. The zero-order chi connectivity index (χ0) is 12.3. The molecule has 0 aromatic carbocycles. The molecule has 2 unspecified atom stereocenters. The summed E-state index contributed by atoms with van der Waals surface area (Å²) >= 11 is 5.79. The molecule has 1 saturated carbocycles. The molecule has 2 rings (SSSR count). The van der Waals surface area contributed by atoms with E-state index in [0.717, 1.165) is 19.3 Å². The minimum absolute atomic E-state index is 0.0343. The molecule has 1 aliphatic carbocycles. The largest absolute Gasteiger partial charge is 0.393 e. The molecule has 17 heavy (non-hydrogen) atoms. The SMILES string of the molecule is O=C(NC1CCCC(O)C1)c1cc(Cl)ccn1. The van der Waals surface area contributed by atoms with Crippen LogP contribution in [0.5, 0.6) is 0 Å². The quantitative estimate of drug-likeness (QED) is 0.846. The molecule has 0 aliphatic heterocycles. The van der Waals surface area contributed by atoms with Gasteiger partial charge in [-0.1, -0.05) is 11.6 Å². The number of aliphatic hydroxyl groups excluding tert-OH is 1. The summed E-state index contributed by atoms with van der Waals surface area (Å²) in [7, 11) is 0. The van der Waals surface area contributed by atoms with Gasteiger partial charge in [0, 0.05) is 17.3 Å². The van der Waals surface area contributed by atoms with E-state index < -0.39 is 0 Å². The number of carbonyl (C=O) groups excluding carboxylic acids is 1. The lowest BCUT2D eigenvalue weighted by molar-refractivity contribution is 0.0845. The van der Waals surface area contributed by atoms with Gasteiger partial charge in [-0.05, 0) is 37.8 Å². The van der Waals surface area contributed by atoms with Crippen LogP contribution < -0.4 is 5.32 Å². The Morgan fingerprint density at radius 3 is 3.06 bits per heavy atom. The first-order valence-corrected chi connectivity index (χ1v) is 6.13. The molecule has 1 aliphatic rings. The summed E-state index contributed by atoms with van der Waals surface area (Å²) in [6.45, 7) is 0. The molecule has 0 saturated heterocycles. The van der Waals surface area contributed by atoms with Crippen molar-refractivity contribution in [2.24, 2.45) is 0 Å². The smallest absolute Gasteiger partial charge is 0.270 e. The van der Waals surface area contributed by atoms with Crippen LogP contribution in [0.2, 0.25) is 5.02 Å². The highest BCUT2D eigenvalue weighted by Crippen LogP contribution is 2.18. The normalized spacial score (nSPS) is 24.4. The van der Waals surface area contributed by atoms with Crippen LogP contribution in [0.25, 0.3) is 0 Å². The van der Waals surface area contributed by atoms with Crippen LogP contribution in [-0.2, 0) is 0 Å². The van der Waals surface area contributed by atoms with Crippen molar-refractivity contribution in [3.63, 3.8) is 0 Å². The van der Waals surface area contributed by atoms with Crippen molar-refractivity contribution in [2.45, 2.75) is 37.8 Å². The zero-order valence-corrected chi connectivity index (χ0v) is 10.2. The van der Waals surface area contributed by atoms with E-state index in [1.54, 1.807) is 6.07 Å². The summed E-state index contributed by atoms with van der Waals surface area (Å²) in [5.41, 5.74) is 0.317. The highest BCUT2D eigenvalue weighted by Gasteiger charge is 2.22. The summed E-state index contributed by atoms with van der Waals surface area (Å²) < 4.78 is 0. The lowest BCUT2D eigenvalue weighted by Gasteiger charge is -2.26. The second kappa shape index (κ2) is 5.47. The Labute approximate surface area is 105 Å². The first-order chi connectivity index (χ1) is 8.15. The topological polar surface area (TPSA) is 62.2 Å². The molecule has 4 nitrogen and oxygen atoms in total. The number of nitrogens with one attached hydrogen (secondary N) is 1. The molecule has 2 atom stereocenters. The van der Waals surface area contributed by atoms with Gasteiger partial charge < -0.3 is 10.4 Å². The Kier molecular flexibility index (Phi) is 3.97. The standard InChI is InChI=1S/C12H15ClN2O2/c13-8-4-5-14-11(6-8)12(17)15-9-2-1-3-10(16)7-9/h4-6,9-10,16H,1-3,7H2,(H,15,17). The highest BCUT2D eigenvalue weighted by atomic mass is 35.5. The van der Waals surface area contributed by atoms with Gasteiger partial charge in [0.25, 0.3) is 5.91 Å². The molecule has 2 N–H and O–H groups in total. The van der Waals surface area contributed by atoms with Crippen molar-refractivity contribution in [3.05, 3.63) is 29.0 Å². The molecule has 5 heteroatoms. The zero-order valence-electron chi connectivity index (χ0n) is 9.40. The molecule has 0 bridgehead atoms. The van der Waals surface area contributed by atoms with Crippen molar-refractivity contribution in [1.82, 2.24) is 10.3 Å². The number of rotatable bonds is 2. The molecule has 0 radical (unpaired) electrons. The van der Waals surface area contributed by atoms with Gasteiger partial charge in [0.05, 0.1) is 6.10 Å². The van der Waals surface area contributed by atoms with Crippen molar-refractivity contribution >= 4 is 17.5 Å². The van der Waals surface area contributed by atoms with Crippen molar-refractivity contribution in [1.29, 1.82) is 0 Å². The van der Waals surface area contributed by atoms with E-state index in [0.29, 0.717) is 17.1 Å². The summed E-state index contributed by atoms with van der Waals surface area (Å²) in [5, 5.41) is 12.9. The van der Waals surface area contributed by atoms with Crippen LogP contribution in [0.1, 0.15) is 36.2 Å². The third-order valence-electron chi connectivity index (χ3n) is 2.94. The van der Waals surface area contributed by atoms with Crippen LogP contribution >= 0.6 is 11.6 Å². The number of amides is 1. The van der Waals surface area contributed by atoms with Gasteiger partial charge in [0.1, 0.15) is 5.69 Å². The fourth-order valence-electron chi connectivity index (χ4n) is 2.08. The Hall–Kier alpha value is -1.13. The lowest BCUT2D eigenvalue weighted by atomic mass is 9.93. The third kappa shape index (κ3) is 3.41. The number of hydrogen-bond acceptors (Lipinski definition) is 3. The minimum atomic E-state index is -0.304. The maximum absolute atomic E-state index is 11.9. The molecule has 0 spiro atoms. The number of halogens is 1. The number of nitrogens with zero attached hydrogens (tertiary/aromatic N) is 1.